The summed E-state index contributed by atoms with van der Waals surface area (Å²) in [7, 11) is 0. The summed E-state index contributed by atoms with van der Waals surface area (Å²) in [6.45, 7) is 1.75. The highest BCUT2D eigenvalue weighted by molar-refractivity contribution is 7.17. The molecule has 5 heteroatoms. The summed E-state index contributed by atoms with van der Waals surface area (Å²) in [5.41, 5.74) is 1.53. The van der Waals surface area contributed by atoms with Gasteiger partial charge in [0.25, 0.3) is 5.56 Å². The van der Waals surface area contributed by atoms with Gasteiger partial charge in [-0.15, -0.1) is 11.3 Å². The van der Waals surface area contributed by atoms with Crippen molar-refractivity contribution in [3.05, 3.63) is 57.1 Å². The first-order valence-electron chi connectivity index (χ1n) is 5.92. The van der Waals surface area contributed by atoms with E-state index in [0.29, 0.717) is 21.5 Å². The van der Waals surface area contributed by atoms with Crippen LogP contribution in [0.25, 0.3) is 21.2 Å². The molecule has 0 bridgehead atoms. The second-order valence-corrected chi connectivity index (χ2v) is 5.36. The number of nitriles is 1. The van der Waals surface area contributed by atoms with Gasteiger partial charge >= 0.3 is 0 Å². The number of nitrogens with zero attached hydrogens (tertiary/aromatic N) is 1. The lowest BCUT2D eigenvalue weighted by atomic mass is 9.98. The molecule has 3 rings (SSSR count). The van der Waals surface area contributed by atoms with Crippen LogP contribution in [-0.4, -0.2) is 4.98 Å². The van der Waals surface area contributed by atoms with E-state index < -0.39 is 5.56 Å². The number of nitrogens with one attached hydrogen (secondary N) is 1. The Hall–Kier alpha value is -2.45. The molecule has 0 atom stereocenters. The lowest BCUT2D eigenvalue weighted by molar-refractivity contribution is 0.642. The summed E-state index contributed by atoms with van der Waals surface area (Å²) in [6.07, 6.45) is 0. The highest BCUT2D eigenvalue weighted by Gasteiger charge is 2.14. The van der Waals surface area contributed by atoms with Crippen molar-refractivity contribution in [2.45, 2.75) is 6.92 Å². The average Bonchev–Trinajstić information content (AvgIpc) is 2.88. The molecule has 2 aromatic heterocycles. The maximum Gasteiger partial charge on any atom is 0.266 e. The first-order valence-corrected chi connectivity index (χ1v) is 6.80. The van der Waals surface area contributed by atoms with Crippen LogP contribution in [0, 0.1) is 24.1 Å². The molecule has 0 aliphatic carbocycles. The Labute approximate surface area is 117 Å². The second-order valence-electron chi connectivity index (χ2n) is 4.44. The third kappa shape index (κ3) is 1.82. The van der Waals surface area contributed by atoms with Crippen LogP contribution >= 0.6 is 11.3 Å². The minimum atomic E-state index is -0.421. The molecule has 3 aromatic rings. The zero-order valence-electron chi connectivity index (χ0n) is 10.5. The third-order valence-corrected chi connectivity index (χ3v) is 4.06. The average molecular weight is 284 g/mol. The standard InChI is InChI=1S/C15H9FN2OS/c1-8-6-11(12(7-17)15(19)18-8)9-2-3-13(16)14-10(9)4-5-20-14/h2-6H,1H3,(H,18,19). The van der Waals surface area contributed by atoms with Crippen molar-refractivity contribution in [2.24, 2.45) is 0 Å². The number of pyridine rings is 1. The summed E-state index contributed by atoms with van der Waals surface area (Å²) in [5, 5.41) is 11.7. The van der Waals surface area contributed by atoms with Gasteiger partial charge in [0.1, 0.15) is 17.4 Å². The Kier molecular flexibility index (Phi) is 2.88. The molecule has 98 valence electrons. The van der Waals surface area contributed by atoms with E-state index >= 15 is 0 Å². The van der Waals surface area contributed by atoms with E-state index in [1.807, 2.05) is 6.07 Å². The maximum absolute atomic E-state index is 13.7. The van der Waals surface area contributed by atoms with Crippen molar-refractivity contribution in [1.29, 1.82) is 5.26 Å². The summed E-state index contributed by atoms with van der Waals surface area (Å²) >= 11 is 1.30. The van der Waals surface area contributed by atoms with Gasteiger partial charge in [0.15, 0.2) is 0 Å². The zero-order valence-corrected chi connectivity index (χ0v) is 11.3. The number of halogens is 1. The Morgan fingerprint density at radius 2 is 2.10 bits per heavy atom. The Bertz CT molecular complexity index is 918. The summed E-state index contributed by atoms with van der Waals surface area (Å²) in [6, 6.07) is 8.45. The molecule has 0 saturated carbocycles. The van der Waals surface area contributed by atoms with E-state index in [9.17, 15) is 14.4 Å². The molecular formula is C15H9FN2OS. The van der Waals surface area contributed by atoms with Gasteiger partial charge in [0, 0.05) is 16.6 Å². The van der Waals surface area contributed by atoms with Crippen LogP contribution in [0.3, 0.4) is 0 Å². The van der Waals surface area contributed by atoms with Crippen molar-refractivity contribution in [2.75, 3.05) is 0 Å². The van der Waals surface area contributed by atoms with E-state index in [2.05, 4.69) is 4.98 Å². The molecule has 0 amide bonds. The van der Waals surface area contributed by atoms with Crippen molar-refractivity contribution >= 4 is 21.4 Å². The van der Waals surface area contributed by atoms with Crippen LogP contribution in [0.5, 0.6) is 0 Å². The highest BCUT2D eigenvalue weighted by atomic mass is 32.1. The second kappa shape index (κ2) is 4.58. The van der Waals surface area contributed by atoms with Crippen LogP contribution < -0.4 is 5.56 Å². The highest BCUT2D eigenvalue weighted by Crippen LogP contribution is 2.34. The molecule has 2 heterocycles. The maximum atomic E-state index is 13.7. The van der Waals surface area contributed by atoms with Gasteiger partial charge in [0.2, 0.25) is 0 Å². The predicted octanol–water partition coefficient (Wildman–Crippen LogP) is 3.58. The number of aryl methyl sites for hydroxylation is 1. The molecule has 0 aliphatic rings. The predicted molar refractivity (Wildman–Crippen MR) is 77.3 cm³/mol. The van der Waals surface area contributed by atoms with Crippen molar-refractivity contribution in [1.82, 2.24) is 4.98 Å². The van der Waals surface area contributed by atoms with Crippen molar-refractivity contribution in [3.63, 3.8) is 0 Å². The minimum Gasteiger partial charge on any atom is -0.325 e. The normalized spacial score (nSPS) is 10.7. The molecule has 1 N–H and O–H groups in total. The van der Waals surface area contributed by atoms with Gasteiger partial charge in [-0.25, -0.2) is 4.39 Å². The van der Waals surface area contributed by atoms with E-state index in [4.69, 9.17) is 0 Å². The van der Waals surface area contributed by atoms with E-state index in [0.717, 1.165) is 5.39 Å². The smallest absolute Gasteiger partial charge is 0.266 e. The number of H-pyrrole nitrogens is 1. The van der Waals surface area contributed by atoms with Crippen LogP contribution in [-0.2, 0) is 0 Å². The molecule has 0 unspecified atom stereocenters. The Morgan fingerprint density at radius 3 is 2.85 bits per heavy atom. The van der Waals surface area contributed by atoms with Crippen molar-refractivity contribution < 1.29 is 4.39 Å². The van der Waals surface area contributed by atoms with Gasteiger partial charge in [-0.05, 0) is 36.1 Å². The Morgan fingerprint density at radius 1 is 1.30 bits per heavy atom. The fourth-order valence-electron chi connectivity index (χ4n) is 2.28. The van der Waals surface area contributed by atoms with Gasteiger partial charge in [-0.3, -0.25) is 4.79 Å². The molecule has 0 fully saturated rings. The molecular weight excluding hydrogens is 275 g/mol. The van der Waals surface area contributed by atoms with Gasteiger partial charge in [-0.1, -0.05) is 6.07 Å². The topological polar surface area (TPSA) is 56.6 Å². The van der Waals surface area contributed by atoms with E-state index in [1.54, 1.807) is 30.5 Å². The number of benzene rings is 1. The number of fused-ring (bicyclic) bond motifs is 1. The number of aromatic nitrogens is 1. The Balaban J connectivity index is 2.43. The lowest BCUT2D eigenvalue weighted by Gasteiger charge is -2.07. The summed E-state index contributed by atoms with van der Waals surface area (Å²) < 4.78 is 14.3. The quantitative estimate of drug-likeness (QED) is 0.742. The summed E-state index contributed by atoms with van der Waals surface area (Å²) in [4.78, 5) is 14.5. The molecule has 1 aromatic carbocycles. The van der Waals surface area contributed by atoms with Gasteiger partial charge in [0.05, 0.1) is 4.70 Å². The molecule has 0 saturated heterocycles. The minimum absolute atomic E-state index is 0.0507. The number of hydrogen-bond donors (Lipinski definition) is 1. The van der Waals surface area contributed by atoms with E-state index in [-0.39, 0.29) is 11.4 Å². The number of aromatic amines is 1. The fourth-order valence-corrected chi connectivity index (χ4v) is 3.10. The third-order valence-electron chi connectivity index (χ3n) is 3.14. The lowest BCUT2D eigenvalue weighted by Crippen LogP contribution is -2.12. The number of thiophene rings is 1. The van der Waals surface area contributed by atoms with E-state index in [1.165, 1.54) is 17.4 Å². The molecule has 3 nitrogen and oxygen atoms in total. The molecule has 0 aliphatic heterocycles. The molecule has 20 heavy (non-hydrogen) atoms. The molecule has 0 spiro atoms. The van der Waals surface area contributed by atoms with Crippen LogP contribution in [0.2, 0.25) is 0 Å². The first-order chi connectivity index (χ1) is 9.61. The molecule has 0 radical (unpaired) electrons. The van der Waals surface area contributed by atoms with Gasteiger partial charge in [-0.2, -0.15) is 5.26 Å². The zero-order chi connectivity index (χ0) is 14.3. The van der Waals surface area contributed by atoms with Gasteiger partial charge < -0.3 is 4.98 Å². The summed E-state index contributed by atoms with van der Waals surface area (Å²) in [5.74, 6) is -0.293. The van der Waals surface area contributed by atoms with Crippen LogP contribution in [0.15, 0.2) is 34.4 Å². The number of hydrogen-bond acceptors (Lipinski definition) is 3. The van der Waals surface area contributed by atoms with Crippen LogP contribution in [0.4, 0.5) is 4.39 Å². The van der Waals surface area contributed by atoms with Crippen molar-refractivity contribution in [3.8, 4) is 17.2 Å². The number of rotatable bonds is 1. The SMILES string of the molecule is Cc1cc(-c2ccc(F)c3sccc23)c(C#N)c(=O)[nH]1. The fraction of sp³-hybridized carbons (Fsp3) is 0.0667. The van der Waals surface area contributed by atoms with Crippen LogP contribution in [0.1, 0.15) is 11.3 Å². The first kappa shape index (κ1) is 12.6. The monoisotopic (exact) mass is 284 g/mol. The largest absolute Gasteiger partial charge is 0.325 e.